The topological polar surface area (TPSA) is 59.5 Å². The fourth-order valence-corrected chi connectivity index (χ4v) is 2.03. The summed E-state index contributed by atoms with van der Waals surface area (Å²) in [6.45, 7) is 3.79. The molecule has 2 aromatic rings. The molecule has 2 unspecified atom stereocenters. The Balaban J connectivity index is 2.18. The summed E-state index contributed by atoms with van der Waals surface area (Å²) in [4.78, 5) is 13.7. The largest absolute Gasteiger partial charge is 0.459 e. The molecule has 4 heteroatoms. The van der Waals surface area contributed by atoms with Crippen LogP contribution < -0.4 is 5.73 Å². The van der Waals surface area contributed by atoms with Gasteiger partial charge >= 0.3 is 0 Å². The van der Waals surface area contributed by atoms with Gasteiger partial charge in [0.2, 0.25) is 5.91 Å². The van der Waals surface area contributed by atoms with Crippen molar-refractivity contribution in [3.63, 3.8) is 0 Å². The van der Waals surface area contributed by atoms with Gasteiger partial charge in [-0.15, -0.1) is 0 Å². The molecular formula is C15H20N2O2. The Morgan fingerprint density at radius 1 is 1.37 bits per heavy atom. The molecule has 1 amide bonds. The van der Waals surface area contributed by atoms with Crippen molar-refractivity contribution in [3.8, 4) is 0 Å². The molecule has 0 radical (unpaired) electrons. The third-order valence-corrected chi connectivity index (χ3v) is 3.33. The molecule has 4 nitrogen and oxygen atoms in total. The second-order valence-corrected chi connectivity index (χ2v) is 5.05. The molecular weight excluding hydrogens is 240 g/mol. The van der Waals surface area contributed by atoms with E-state index in [1.807, 2.05) is 44.2 Å². The lowest BCUT2D eigenvalue weighted by atomic mass is 10.1. The normalized spacial score (nSPS) is 14.3. The molecule has 1 aromatic carbocycles. The molecule has 102 valence electrons. The van der Waals surface area contributed by atoms with Gasteiger partial charge in [0, 0.05) is 24.9 Å². The number of fused-ring (bicyclic) bond motifs is 1. The fourth-order valence-electron chi connectivity index (χ4n) is 2.03. The molecule has 2 atom stereocenters. The predicted octanol–water partition coefficient (Wildman–Crippen LogP) is 2.69. The van der Waals surface area contributed by atoms with Crippen molar-refractivity contribution in [1.29, 1.82) is 0 Å². The van der Waals surface area contributed by atoms with E-state index in [9.17, 15) is 4.79 Å². The van der Waals surface area contributed by atoms with E-state index in [0.29, 0.717) is 6.42 Å². The monoisotopic (exact) mass is 260 g/mol. The van der Waals surface area contributed by atoms with Crippen molar-refractivity contribution >= 4 is 16.9 Å². The van der Waals surface area contributed by atoms with Gasteiger partial charge in [-0.3, -0.25) is 4.79 Å². The number of nitrogens with zero attached hydrogens (tertiary/aromatic N) is 1. The molecule has 0 saturated heterocycles. The number of rotatable bonds is 4. The minimum atomic E-state index is -0.127. The summed E-state index contributed by atoms with van der Waals surface area (Å²) in [7, 11) is 1.78. The highest BCUT2D eigenvalue weighted by Crippen LogP contribution is 2.26. The number of amides is 1. The quantitative estimate of drug-likeness (QED) is 0.919. The molecule has 0 spiro atoms. The molecule has 0 aliphatic rings. The van der Waals surface area contributed by atoms with Gasteiger partial charge in [-0.05, 0) is 26.0 Å². The van der Waals surface area contributed by atoms with Crippen LogP contribution >= 0.6 is 0 Å². The number of carbonyl (C=O) groups is 1. The first kappa shape index (κ1) is 13.6. The van der Waals surface area contributed by atoms with Crippen LogP contribution in [-0.2, 0) is 4.79 Å². The molecule has 0 bridgehead atoms. The van der Waals surface area contributed by atoms with Crippen molar-refractivity contribution in [3.05, 3.63) is 36.1 Å². The zero-order chi connectivity index (χ0) is 14.0. The van der Waals surface area contributed by atoms with Gasteiger partial charge in [-0.25, -0.2) is 0 Å². The summed E-state index contributed by atoms with van der Waals surface area (Å²) >= 11 is 0. The van der Waals surface area contributed by atoms with E-state index in [0.717, 1.165) is 16.7 Å². The second kappa shape index (κ2) is 5.45. The average Bonchev–Trinajstić information content (AvgIpc) is 2.79. The maximum Gasteiger partial charge on any atom is 0.224 e. The lowest BCUT2D eigenvalue weighted by molar-refractivity contribution is -0.132. The molecule has 2 rings (SSSR count). The minimum Gasteiger partial charge on any atom is -0.459 e. The average molecular weight is 260 g/mol. The van der Waals surface area contributed by atoms with Crippen molar-refractivity contribution < 1.29 is 9.21 Å². The molecule has 2 N–H and O–H groups in total. The molecule has 1 aromatic heterocycles. The predicted molar refractivity (Wildman–Crippen MR) is 75.7 cm³/mol. The number of para-hydroxylation sites is 1. The molecule has 0 fully saturated rings. The minimum absolute atomic E-state index is 0.0305. The van der Waals surface area contributed by atoms with E-state index in [1.165, 1.54) is 0 Å². The van der Waals surface area contributed by atoms with Crippen LogP contribution in [0, 0.1) is 0 Å². The molecule has 0 saturated carbocycles. The lowest BCUT2D eigenvalue weighted by Gasteiger charge is -2.24. The van der Waals surface area contributed by atoms with Crippen molar-refractivity contribution in [2.24, 2.45) is 5.73 Å². The van der Waals surface area contributed by atoms with E-state index < -0.39 is 0 Å². The fraction of sp³-hybridized carbons (Fsp3) is 0.400. The van der Waals surface area contributed by atoms with Crippen LogP contribution in [0.15, 0.2) is 34.7 Å². The molecule has 1 heterocycles. The summed E-state index contributed by atoms with van der Waals surface area (Å²) in [5.41, 5.74) is 6.51. The van der Waals surface area contributed by atoms with E-state index >= 15 is 0 Å². The maximum absolute atomic E-state index is 12.0. The Kier molecular flexibility index (Phi) is 3.90. The first-order valence-electron chi connectivity index (χ1n) is 6.48. The van der Waals surface area contributed by atoms with Crippen LogP contribution in [0.1, 0.15) is 32.1 Å². The maximum atomic E-state index is 12.0. The summed E-state index contributed by atoms with van der Waals surface area (Å²) in [5.74, 6) is 0.824. The van der Waals surface area contributed by atoms with Crippen LogP contribution in [0.2, 0.25) is 0 Å². The summed E-state index contributed by atoms with van der Waals surface area (Å²) in [6, 6.07) is 9.59. The van der Waals surface area contributed by atoms with Crippen molar-refractivity contribution in [2.45, 2.75) is 32.4 Å². The summed E-state index contributed by atoms with van der Waals surface area (Å²) in [6.07, 6.45) is 0.348. The lowest BCUT2D eigenvalue weighted by Crippen LogP contribution is -2.33. The van der Waals surface area contributed by atoms with Gasteiger partial charge in [0.1, 0.15) is 11.3 Å². The van der Waals surface area contributed by atoms with Gasteiger partial charge < -0.3 is 15.1 Å². The van der Waals surface area contributed by atoms with Gasteiger partial charge in [-0.2, -0.15) is 0 Å². The Bertz CT molecular complexity index is 541. The molecule has 19 heavy (non-hydrogen) atoms. The SMILES string of the molecule is CC(N)CC(=O)N(C)C(C)c1cc2ccccc2o1. The number of carbonyl (C=O) groups excluding carboxylic acids is 1. The first-order valence-corrected chi connectivity index (χ1v) is 6.48. The number of furan rings is 1. The van der Waals surface area contributed by atoms with E-state index in [4.69, 9.17) is 10.2 Å². The number of benzene rings is 1. The van der Waals surface area contributed by atoms with Crippen molar-refractivity contribution in [1.82, 2.24) is 4.90 Å². The van der Waals surface area contributed by atoms with Crippen LogP contribution in [-0.4, -0.2) is 23.9 Å². The van der Waals surface area contributed by atoms with Gasteiger partial charge in [-0.1, -0.05) is 18.2 Å². The Morgan fingerprint density at radius 3 is 2.68 bits per heavy atom. The van der Waals surface area contributed by atoms with E-state index in [1.54, 1.807) is 11.9 Å². The third kappa shape index (κ3) is 2.96. The third-order valence-electron chi connectivity index (χ3n) is 3.33. The van der Waals surface area contributed by atoms with Crippen LogP contribution in [0.5, 0.6) is 0 Å². The smallest absolute Gasteiger partial charge is 0.224 e. The van der Waals surface area contributed by atoms with Crippen LogP contribution in [0.4, 0.5) is 0 Å². The van der Waals surface area contributed by atoms with E-state index in [-0.39, 0.29) is 18.0 Å². The molecule has 0 aliphatic carbocycles. The Morgan fingerprint density at radius 2 is 2.05 bits per heavy atom. The number of nitrogens with two attached hydrogens (primary N) is 1. The zero-order valence-corrected chi connectivity index (χ0v) is 11.6. The van der Waals surface area contributed by atoms with Crippen LogP contribution in [0.25, 0.3) is 11.0 Å². The summed E-state index contributed by atoms with van der Waals surface area (Å²) < 4.78 is 5.78. The Hall–Kier alpha value is -1.81. The number of hydrogen-bond acceptors (Lipinski definition) is 3. The number of hydrogen-bond donors (Lipinski definition) is 1. The molecule has 0 aliphatic heterocycles. The van der Waals surface area contributed by atoms with Gasteiger partial charge in [0.05, 0.1) is 6.04 Å². The standard InChI is InChI=1S/C15H20N2O2/c1-10(16)8-15(18)17(3)11(2)14-9-12-6-4-5-7-13(12)19-14/h4-7,9-11H,8,16H2,1-3H3. The highest BCUT2D eigenvalue weighted by Gasteiger charge is 2.21. The van der Waals surface area contributed by atoms with Crippen LogP contribution in [0.3, 0.4) is 0 Å². The van der Waals surface area contributed by atoms with E-state index in [2.05, 4.69) is 0 Å². The second-order valence-electron chi connectivity index (χ2n) is 5.05. The highest BCUT2D eigenvalue weighted by molar-refractivity contribution is 5.79. The summed E-state index contributed by atoms with van der Waals surface area (Å²) in [5, 5.41) is 1.05. The van der Waals surface area contributed by atoms with Gasteiger partial charge in [0.25, 0.3) is 0 Å². The van der Waals surface area contributed by atoms with Crippen molar-refractivity contribution in [2.75, 3.05) is 7.05 Å². The Labute approximate surface area is 113 Å². The zero-order valence-electron chi connectivity index (χ0n) is 11.6. The van der Waals surface area contributed by atoms with Gasteiger partial charge in [0.15, 0.2) is 0 Å². The first-order chi connectivity index (χ1) is 8.99. The highest BCUT2D eigenvalue weighted by atomic mass is 16.3.